The third kappa shape index (κ3) is 8.12. The summed E-state index contributed by atoms with van der Waals surface area (Å²) in [4.78, 5) is 24.9. The van der Waals surface area contributed by atoms with Crippen LogP contribution in [-0.2, 0) is 14.3 Å². The van der Waals surface area contributed by atoms with Gasteiger partial charge in [0.1, 0.15) is 0 Å². The smallest absolute Gasteiger partial charge is 0.406 e. The molecule has 6 nitrogen and oxygen atoms in total. The normalized spacial score (nSPS) is 33.8. The molecule has 258 valence electrons. The molecule has 4 aliphatic rings. The number of carbonyl (C=O) groups is 2. The van der Waals surface area contributed by atoms with Gasteiger partial charge in [0.05, 0.1) is 24.7 Å². The number of nitrogens with one attached hydrogen (secondary N) is 2. The molecule has 0 aromatic carbocycles. The van der Waals surface area contributed by atoms with E-state index in [4.69, 9.17) is 4.74 Å². The first-order chi connectivity index (χ1) is 21.0. The Morgan fingerprint density at radius 2 is 1.73 bits per heavy atom. The first-order valence-corrected chi connectivity index (χ1v) is 18.5. The van der Waals surface area contributed by atoms with E-state index in [0.717, 1.165) is 48.3 Å². The molecule has 0 saturated heterocycles. The number of amides is 2. The molecular formula is C39H68N2O4. The molecule has 8 unspecified atom stereocenters. The van der Waals surface area contributed by atoms with Gasteiger partial charge in [-0.2, -0.15) is 0 Å². The molecule has 45 heavy (non-hydrogen) atoms. The number of ether oxygens (including phenoxy) is 2. The molecule has 0 aromatic heterocycles. The maximum absolute atomic E-state index is 13.5. The Morgan fingerprint density at radius 1 is 1.00 bits per heavy atom. The van der Waals surface area contributed by atoms with E-state index in [-0.39, 0.29) is 17.4 Å². The Bertz CT molecular complexity index is 1070. The first-order valence-electron chi connectivity index (χ1n) is 18.5. The van der Waals surface area contributed by atoms with Crippen LogP contribution in [0.3, 0.4) is 0 Å². The fraction of sp³-hybridized carbons (Fsp3) is 0.897. The van der Waals surface area contributed by atoms with Crippen LogP contribution in [0.1, 0.15) is 139 Å². The minimum absolute atomic E-state index is 0.0711. The van der Waals surface area contributed by atoms with Crippen molar-refractivity contribution in [1.82, 2.24) is 10.6 Å². The van der Waals surface area contributed by atoms with Crippen molar-refractivity contribution >= 4 is 12.0 Å². The molecule has 0 aliphatic heterocycles. The standard InChI is InChI=1S/C39H68N2O4/c1-26(2)12-11-13-27(3)31-16-17-32-30-15-14-28-24-29(18-20-38(28,8)33(30)19-21-39(31,32)9)41-34(42)36(4,5)25-45-37(6,7)22-23-40-35(43)44-10/h14,26-27,29-33H,11-13,15-25H2,1-10H3,(H,40,43)(H,41,42). The Morgan fingerprint density at radius 3 is 2.42 bits per heavy atom. The summed E-state index contributed by atoms with van der Waals surface area (Å²) in [5, 5.41) is 6.14. The van der Waals surface area contributed by atoms with Crippen LogP contribution in [0.15, 0.2) is 11.6 Å². The lowest BCUT2D eigenvalue weighted by Gasteiger charge is -2.58. The van der Waals surface area contributed by atoms with Crippen LogP contribution in [-0.4, -0.2) is 43.9 Å². The van der Waals surface area contributed by atoms with Gasteiger partial charge in [-0.05, 0) is 132 Å². The molecule has 0 heterocycles. The Balaban J connectivity index is 1.32. The van der Waals surface area contributed by atoms with Gasteiger partial charge in [-0.1, -0.05) is 65.5 Å². The van der Waals surface area contributed by atoms with E-state index in [0.29, 0.717) is 25.0 Å². The molecule has 0 radical (unpaired) electrons. The summed E-state index contributed by atoms with van der Waals surface area (Å²) >= 11 is 0. The number of hydrogen-bond acceptors (Lipinski definition) is 4. The molecular weight excluding hydrogens is 560 g/mol. The zero-order chi connectivity index (χ0) is 33.2. The van der Waals surface area contributed by atoms with Crippen molar-refractivity contribution in [2.24, 2.45) is 51.8 Å². The average molecular weight is 629 g/mol. The van der Waals surface area contributed by atoms with Crippen LogP contribution >= 0.6 is 0 Å². The molecule has 0 aromatic rings. The van der Waals surface area contributed by atoms with Gasteiger partial charge in [-0.15, -0.1) is 0 Å². The lowest BCUT2D eigenvalue weighted by Crippen LogP contribution is -2.53. The van der Waals surface area contributed by atoms with Crippen LogP contribution in [0.5, 0.6) is 0 Å². The molecule has 8 atom stereocenters. The van der Waals surface area contributed by atoms with E-state index in [1.54, 1.807) is 5.57 Å². The maximum atomic E-state index is 13.5. The monoisotopic (exact) mass is 629 g/mol. The number of rotatable bonds is 13. The van der Waals surface area contributed by atoms with E-state index < -0.39 is 17.1 Å². The number of carbonyl (C=O) groups excluding carboxylic acids is 2. The lowest BCUT2D eigenvalue weighted by atomic mass is 9.47. The number of fused-ring (bicyclic) bond motifs is 5. The van der Waals surface area contributed by atoms with Gasteiger partial charge in [-0.25, -0.2) is 4.79 Å². The molecule has 6 heteroatoms. The van der Waals surface area contributed by atoms with Crippen LogP contribution < -0.4 is 10.6 Å². The van der Waals surface area contributed by atoms with Crippen molar-refractivity contribution in [1.29, 1.82) is 0 Å². The van der Waals surface area contributed by atoms with Gasteiger partial charge in [0, 0.05) is 12.6 Å². The van der Waals surface area contributed by atoms with E-state index in [1.807, 2.05) is 27.7 Å². The highest BCUT2D eigenvalue weighted by Gasteiger charge is 2.59. The van der Waals surface area contributed by atoms with Gasteiger partial charge < -0.3 is 20.1 Å². The molecule has 2 amide bonds. The van der Waals surface area contributed by atoms with E-state index in [2.05, 4.69) is 56.1 Å². The SMILES string of the molecule is COC(=O)NCCC(C)(C)OCC(C)(C)C(=O)NC1CCC2(C)C(=CCC3C2CCC2(C)C(C(C)CCCC(C)C)CCC32)C1. The third-order valence-corrected chi connectivity index (χ3v) is 13.3. The van der Waals surface area contributed by atoms with Crippen molar-refractivity contribution in [3.05, 3.63) is 11.6 Å². The molecule has 2 N–H and O–H groups in total. The summed E-state index contributed by atoms with van der Waals surface area (Å²) in [6.07, 6.45) is 17.1. The highest BCUT2D eigenvalue weighted by molar-refractivity contribution is 5.82. The lowest BCUT2D eigenvalue weighted by molar-refractivity contribution is -0.138. The molecule has 3 saturated carbocycles. The van der Waals surface area contributed by atoms with E-state index >= 15 is 0 Å². The second-order valence-electron chi connectivity index (χ2n) is 17.8. The fourth-order valence-electron chi connectivity index (χ4n) is 10.2. The summed E-state index contributed by atoms with van der Waals surface area (Å²) in [5.41, 5.74) is 1.32. The molecule has 3 fully saturated rings. The maximum Gasteiger partial charge on any atom is 0.406 e. The predicted octanol–water partition coefficient (Wildman–Crippen LogP) is 9.08. The van der Waals surface area contributed by atoms with Crippen molar-refractivity contribution < 1.29 is 19.1 Å². The second kappa shape index (κ2) is 14.3. The van der Waals surface area contributed by atoms with Gasteiger partial charge in [0.15, 0.2) is 0 Å². The summed E-state index contributed by atoms with van der Waals surface area (Å²) in [7, 11) is 1.36. The Labute approximate surface area is 276 Å². The summed E-state index contributed by atoms with van der Waals surface area (Å²) in [5.74, 6) is 5.14. The van der Waals surface area contributed by atoms with Gasteiger partial charge >= 0.3 is 6.09 Å². The quantitative estimate of drug-likeness (QED) is 0.200. The summed E-state index contributed by atoms with van der Waals surface area (Å²) in [6.45, 7) is 21.3. The number of hydrogen-bond donors (Lipinski definition) is 2. The topological polar surface area (TPSA) is 76.7 Å². The van der Waals surface area contributed by atoms with Crippen LogP contribution in [0, 0.1) is 51.8 Å². The van der Waals surface area contributed by atoms with E-state index in [1.165, 1.54) is 64.9 Å². The highest BCUT2D eigenvalue weighted by Crippen LogP contribution is 2.67. The van der Waals surface area contributed by atoms with Crippen molar-refractivity contribution in [2.75, 3.05) is 20.3 Å². The largest absolute Gasteiger partial charge is 0.453 e. The number of alkyl carbamates (subject to hydrolysis) is 1. The molecule has 4 rings (SSSR count). The molecule has 4 aliphatic carbocycles. The first kappa shape index (κ1) is 36.3. The summed E-state index contributed by atoms with van der Waals surface area (Å²) in [6, 6.07) is 0.196. The minimum atomic E-state index is -0.640. The zero-order valence-electron chi connectivity index (χ0n) is 30.7. The van der Waals surface area contributed by atoms with Crippen molar-refractivity contribution in [3.8, 4) is 0 Å². The molecule has 0 bridgehead atoms. The number of allylic oxidation sites excluding steroid dienone is 1. The third-order valence-electron chi connectivity index (χ3n) is 13.3. The van der Waals surface area contributed by atoms with Gasteiger partial charge in [0.2, 0.25) is 5.91 Å². The zero-order valence-corrected chi connectivity index (χ0v) is 30.7. The Hall–Kier alpha value is -1.56. The number of methoxy groups -OCH3 is 1. The van der Waals surface area contributed by atoms with Crippen molar-refractivity contribution in [2.45, 2.75) is 151 Å². The fourth-order valence-corrected chi connectivity index (χ4v) is 10.2. The second-order valence-corrected chi connectivity index (χ2v) is 17.8. The highest BCUT2D eigenvalue weighted by atomic mass is 16.5. The van der Waals surface area contributed by atoms with Crippen LogP contribution in [0.25, 0.3) is 0 Å². The van der Waals surface area contributed by atoms with Crippen molar-refractivity contribution in [3.63, 3.8) is 0 Å². The minimum Gasteiger partial charge on any atom is -0.453 e. The summed E-state index contributed by atoms with van der Waals surface area (Å²) < 4.78 is 10.9. The predicted molar refractivity (Wildman–Crippen MR) is 184 cm³/mol. The van der Waals surface area contributed by atoms with Crippen LogP contribution in [0.2, 0.25) is 0 Å². The van der Waals surface area contributed by atoms with Crippen LogP contribution in [0.4, 0.5) is 4.79 Å². The Kier molecular flexibility index (Phi) is 11.5. The molecule has 0 spiro atoms. The van der Waals surface area contributed by atoms with E-state index in [9.17, 15) is 9.59 Å². The average Bonchev–Trinajstić information content (AvgIpc) is 3.33. The van der Waals surface area contributed by atoms with Gasteiger partial charge in [0.25, 0.3) is 0 Å². The van der Waals surface area contributed by atoms with Gasteiger partial charge in [-0.3, -0.25) is 4.79 Å².